The Kier molecular flexibility index (Phi) is 8.01. The van der Waals surface area contributed by atoms with Gasteiger partial charge >= 0.3 is 0 Å². The summed E-state index contributed by atoms with van der Waals surface area (Å²) < 4.78 is 0. The van der Waals surface area contributed by atoms with E-state index in [2.05, 4.69) is 224 Å². The molecule has 2 nitrogen and oxygen atoms in total. The first-order chi connectivity index (χ1) is 30.5. The maximum absolute atomic E-state index is 5.41. The van der Waals surface area contributed by atoms with Crippen LogP contribution in [0.4, 0.5) is 0 Å². The fourth-order valence-corrected chi connectivity index (χ4v) is 11.2. The first kappa shape index (κ1) is 37.6. The third-order valence-electron chi connectivity index (χ3n) is 14.7. The van der Waals surface area contributed by atoms with Gasteiger partial charge in [0.2, 0.25) is 0 Å². The third kappa shape index (κ3) is 5.64. The molecule has 2 heteroatoms. The Morgan fingerprint density at radius 2 is 0.571 bits per heavy atom. The summed E-state index contributed by atoms with van der Waals surface area (Å²) in [5, 5.41) is 0. The second-order valence-corrected chi connectivity index (χ2v) is 19.4. The molecule has 0 N–H and O–H groups in total. The lowest BCUT2D eigenvalue weighted by molar-refractivity contribution is 0.660. The molecule has 0 bridgehead atoms. The molecule has 302 valence electrons. The largest absolute Gasteiger partial charge is 0.228 e. The van der Waals surface area contributed by atoms with E-state index in [-0.39, 0.29) is 16.2 Å². The number of benzene rings is 8. The molecule has 3 aliphatic rings. The van der Waals surface area contributed by atoms with Crippen molar-refractivity contribution < 1.29 is 0 Å². The molecule has 1 aromatic heterocycles. The lowest BCUT2D eigenvalue weighted by Crippen LogP contribution is -2.15. The molecule has 0 saturated carbocycles. The summed E-state index contributed by atoms with van der Waals surface area (Å²) in [5.41, 5.74) is 25.6. The van der Waals surface area contributed by atoms with E-state index in [0.29, 0.717) is 5.82 Å². The van der Waals surface area contributed by atoms with Crippen molar-refractivity contribution in [3.05, 3.63) is 215 Å². The Balaban J connectivity index is 0.981. The molecule has 63 heavy (non-hydrogen) atoms. The number of fused-ring (bicyclic) bond motifs is 9. The summed E-state index contributed by atoms with van der Waals surface area (Å²) >= 11 is 0. The van der Waals surface area contributed by atoms with Crippen LogP contribution in [0.15, 0.2) is 182 Å². The lowest BCUT2D eigenvalue weighted by atomic mass is 9.81. The molecule has 0 aliphatic heterocycles. The number of aromatic nitrogens is 2. The van der Waals surface area contributed by atoms with E-state index in [9.17, 15) is 0 Å². The smallest absolute Gasteiger partial charge is 0.160 e. The van der Waals surface area contributed by atoms with Crippen LogP contribution in [0.25, 0.3) is 89.5 Å². The van der Waals surface area contributed by atoms with Gasteiger partial charge < -0.3 is 0 Å². The predicted octanol–water partition coefficient (Wildman–Crippen LogP) is 15.7. The molecule has 0 spiro atoms. The van der Waals surface area contributed by atoms with E-state index in [4.69, 9.17) is 9.97 Å². The minimum absolute atomic E-state index is 0.0721. The Morgan fingerprint density at radius 1 is 0.254 bits per heavy atom. The van der Waals surface area contributed by atoms with Crippen LogP contribution in [-0.2, 0) is 16.2 Å². The van der Waals surface area contributed by atoms with Crippen molar-refractivity contribution >= 4 is 0 Å². The number of hydrogen-bond donors (Lipinski definition) is 0. The first-order valence-electron chi connectivity index (χ1n) is 22.3. The van der Waals surface area contributed by atoms with E-state index < -0.39 is 0 Å². The van der Waals surface area contributed by atoms with Crippen LogP contribution in [0, 0.1) is 0 Å². The Bertz CT molecular complexity index is 3210. The first-order valence-corrected chi connectivity index (χ1v) is 22.3. The van der Waals surface area contributed by atoms with Crippen molar-refractivity contribution in [1.82, 2.24) is 9.97 Å². The van der Waals surface area contributed by atoms with Gasteiger partial charge in [-0.1, -0.05) is 187 Å². The maximum Gasteiger partial charge on any atom is 0.160 e. The van der Waals surface area contributed by atoms with Gasteiger partial charge in [-0.25, -0.2) is 9.97 Å². The van der Waals surface area contributed by atoms with E-state index in [0.717, 1.165) is 33.6 Å². The number of nitrogens with zero attached hydrogens (tertiary/aromatic N) is 2. The summed E-state index contributed by atoms with van der Waals surface area (Å²) in [4.78, 5) is 10.8. The van der Waals surface area contributed by atoms with Crippen molar-refractivity contribution in [3.63, 3.8) is 0 Å². The Hall–Kier alpha value is -7.16. The van der Waals surface area contributed by atoms with Crippen LogP contribution < -0.4 is 0 Å². The van der Waals surface area contributed by atoms with Gasteiger partial charge in [0.15, 0.2) is 5.82 Å². The number of hydrogen-bond acceptors (Lipinski definition) is 2. The zero-order valence-electron chi connectivity index (χ0n) is 36.7. The van der Waals surface area contributed by atoms with Crippen LogP contribution in [0.1, 0.15) is 74.9 Å². The van der Waals surface area contributed by atoms with Gasteiger partial charge in [0.25, 0.3) is 0 Å². The molecule has 9 aromatic rings. The standard InChI is InChI=1S/C61H48N2/c1-59(2)50-22-10-7-19-44(50)47-28-25-39(33-53(47)59)37-15-13-17-41(31-37)56-36-57(42-27-30-49-46-21-9-12-24-52(46)61(5,6)55(49)35-42)63-58(62-56)43-18-14-16-38(32-43)40-26-29-48-45-20-8-11-23-51(45)60(3,4)54(48)34-40/h7-36H,1-6H3. The third-order valence-corrected chi connectivity index (χ3v) is 14.7. The molecule has 0 radical (unpaired) electrons. The topological polar surface area (TPSA) is 25.8 Å². The highest BCUT2D eigenvalue weighted by atomic mass is 14.9. The molecular weight excluding hydrogens is 761 g/mol. The van der Waals surface area contributed by atoms with Crippen molar-refractivity contribution in [2.45, 2.75) is 57.8 Å². The average Bonchev–Trinajstić information content (AvgIpc) is 3.80. The van der Waals surface area contributed by atoms with Gasteiger partial charge in [0, 0.05) is 32.9 Å². The summed E-state index contributed by atoms with van der Waals surface area (Å²) in [6.45, 7) is 14.1. The highest BCUT2D eigenvalue weighted by Crippen LogP contribution is 2.52. The molecule has 8 aromatic carbocycles. The van der Waals surface area contributed by atoms with Crippen LogP contribution in [-0.4, -0.2) is 9.97 Å². The SMILES string of the molecule is CC1(C)c2ccccc2-c2ccc(-c3cccc(-c4cc(-c5ccc6c(c5)C(C)(C)c5ccccc5-6)nc(-c5cccc(-c6ccc7c(c6)C(C)(C)c6ccccc6-7)c5)n4)c3)cc21. The van der Waals surface area contributed by atoms with Crippen molar-refractivity contribution in [3.8, 4) is 89.5 Å². The summed E-state index contributed by atoms with van der Waals surface area (Å²) in [6, 6.07) is 67.3. The summed E-state index contributed by atoms with van der Waals surface area (Å²) in [5.74, 6) is 0.712. The van der Waals surface area contributed by atoms with Gasteiger partial charge in [-0.05, 0) is 125 Å². The van der Waals surface area contributed by atoms with Crippen LogP contribution in [0.2, 0.25) is 0 Å². The van der Waals surface area contributed by atoms with Crippen LogP contribution >= 0.6 is 0 Å². The van der Waals surface area contributed by atoms with Gasteiger partial charge in [0.05, 0.1) is 11.4 Å². The van der Waals surface area contributed by atoms with E-state index in [1.807, 2.05) is 0 Å². The molecular formula is C61H48N2. The molecule has 0 fully saturated rings. The highest BCUT2D eigenvalue weighted by Gasteiger charge is 2.37. The molecule has 12 rings (SSSR count). The van der Waals surface area contributed by atoms with Gasteiger partial charge in [-0.15, -0.1) is 0 Å². The van der Waals surface area contributed by atoms with E-state index in [1.165, 1.54) is 83.5 Å². The minimum atomic E-state index is -0.124. The normalized spacial score (nSPS) is 15.2. The molecule has 0 atom stereocenters. The molecule has 1 heterocycles. The van der Waals surface area contributed by atoms with E-state index >= 15 is 0 Å². The Labute approximate surface area is 371 Å². The Morgan fingerprint density at radius 3 is 1.03 bits per heavy atom. The zero-order valence-corrected chi connectivity index (χ0v) is 36.7. The second kappa shape index (κ2) is 13.4. The van der Waals surface area contributed by atoms with Gasteiger partial charge in [0.1, 0.15) is 0 Å². The molecule has 3 aliphatic carbocycles. The monoisotopic (exact) mass is 808 g/mol. The van der Waals surface area contributed by atoms with Crippen LogP contribution in [0.5, 0.6) is 0 Å². The fourth-order valence-electron chi connectivity index (χ4n) is 11.2. The molecule has 0 amide bonds. The number of rotatable bonds is 5. The zero-order chi connectivity index (χ0) is 42.8. The molecule has 0 saturated heterocycles. The molecule has 0 unspecified atom stereocenters. The van der Waals surface area contributed by atoms with Gasteiger partial charge in [-0.2, -0.15) is 0 Å². The summed E-state index contributed by atoms with van der Waals surface area (Å²) in [6.07, 6.45) is 0. The maximum atomic E-state index is 5.41. The van der Waals surface area contributed by atoms with Crippen molar-refractivity contribution in [2.75, 3.05) is 0 Å². The summed E-state index contributed by atoms with van der Waals surface area (Å²) in [7, 11) is 0. The van der Waals surface area contributed by atoms with E-state index in [1.54, 1.807) is 0 Å². The average molecular weight is 809 g/mol. The minimum Gasteiger partial charge on any atom is -0.228 e. The van der Waals surface area contributed by atoms with Crippen molar-refractivity contribution in [2.24, 2.45) is 0 Å². The second-order valence-electron chi connectivity index (χ2n) is 19.4. The van der Waals surface area contributed by atoms with Gasteiger partial charge in [-0.3, -0.25) is 0 Å². The quantitative estimate of drug-likeness (QED) is 0.173. The fraction of sp³-hybridized carbons (Fsp3) is 0.148. The van der Waals surface area contributed by atoms with Crippen LogP contribution in [0.3, 0.4) is 0 Å². The lowest BCUT2D eigenvalue weighted by Gasteiger charge is -2.22. The predicted molar refractivity (Wildman–Crippen MR) is 262 cm³/mol. The van der Waals surface area contributed by atoms with Crippen molar-refractivity contribution in [1.29, 1.82) is 0 Å². The highest BCUT2D eigenvalue weighted by molar-refractivity contribution is 5.87.